The van der Waals surface area contributed by atoms with Crippen LogP contribution in [0.25, 0.3) is 11.1 Å². The molecule has 23 heavy (non-hydrogen) atoms. The predicted molar refractivity (Wildman–Crippen MR) is 87.8 cm³/mol. The maximum Gasteiger partial charge on any atom is 0.255 e. The van der Waals surface area contributed by atoms with Gasteiger partial charge in [-0.2, -0.15) is 0 Å². The highest BCUT2D eigenvalue weighted by molar-refractivity contribution is 5.95. The summed E-state index contributed by atoms with van der Waals surface area (Å²) < 4.78 is 0. The number of amides is 2. The number of nitrogens with zero attached hydrogens (tertiary/aromatic N) is 3. The zero-order valence-corrected chi connectivity index (χ0v) is 13.1. The van der Waals surface area contributed by atoms with E-state index in [1.165, 1.54) is 0 Å². The lowest BCUT2D eigenvalue weighted by molar-refractivity contribution is -0.130. The predicted octanol–water partition coefficient (Wildman–Crippen LogP) is 2.05. The van der Waals surface area contributed by atoms with Crippen molar-refractivity contribution in [1.82, 2.24) is 14.8 Å². The molecule has 0 saturated carbocycles. The summed E-state index contributed by atoms with van der Waals surface area (Å²) in [4.78, 5) is 31.8. The zero-order chi connectivity index (χ0) is 16.2. The van der Waals surface area contributed by atoms with Crippen LogP contribution in [-0.2, 0) is 4.79 Å². The van der Waals surface area contributed by atoms with Crippen molar-refractivity contribution in [1.29, 1.82) is 0 Å². The number of hydrogen-bond acceptors (Lipinski definition) is 3. The summed E-state index contributed by atoms with van der Waals surface area (Å²) in [7, 11) is 0. The van der Waals surface area contributed by atoms with Crippen molar-refractivity contribution in [2.45, 2.75) is 6.92 Å². The fourth-order valence-electron chi connectivity index (χ4n) is 2.75. The van der Waals surface area contributed by atoms with E-state index in [2.05, 4.69) is 4.98 Å². The summed E-state index contributed by atoms with van der Waals surface area (Å²) >= 11 is 0. The standard InChI is InChI=1S/C18H19N3O2/c1-14(22)20-7-9-21(10-8-20)18(23)17-11-16(12-19-13-17)15-5-3-2-4-6-15/h2-6,11-13H,7-10H2,1H3. The van der Waals surface area contributed by atoms with Crippen molar-refractivity contribution >= 4 is 11.8 Å². The summed E-state index contributed by atoms with van der Waals surface area (Å²) in [6, 6.07) is 11.8. The van der Waals surface area contributed by atoms with Gasteiger partial charge in [0, 0.05) is 51.1 Å². The third-order valence-corrected chi connectivity index (χ3v) is 4.10. The van der Waals surface area contributed by atoms with E-state index in [9.17, 15) is 9.59 Å². The molecule has 0 atom stereocenters. The molecule has 1 saturated heterocycles. The fraction of sp³-hybridized carbons (Fsp3) is 0.278. The Hall–Kier alpha value is -2.69. The number of piperazine rings is 1. The fourth-order valence-corrected chi connectivity index (χ4v) is 2.75. The van der Waals surface area contributed by atoms with Crippen LogP contribution in [0.1, 0.15) is 17.3 Å². The highest BCUT2D eigenvalue weighted by atomic mass is 16.2. The molecule has 1 aromatic carbocycles. The molecule has 1 aromatic heterocycles. The van der Waals surface area contributed by atoms with Gasteiger partial charge in [-0.15, -0.1) is 0 Å². The molecule has 3 rings (SSSR count). The van der Waals surface area contributed by atoms with Crippen LogP contribution >= 0.6 is 0 Å². The monoisotopic (exact) mass is 309 g/mol. The summed E-state index contributed by atoms with van der Waals surface area (Å²) in [6.45, 7) is 3.87. The number of aromatic nitrogens is 1. The van der Waals surface area contributed by atoms with Crippen molar-refractivity contribution in [2.24, 2.45) is 0 Å². The third kappa shape index (κ3) is 3.39. The van der Waals surface area contributed by atoms with Crippen LogP contribution in [-0.4, -0.2) is 52.8 Å². The van der Waals surface area contributed by atoms with Crippen LogP contribution in [0.3, 0.4) is 0 Å². The molecule has 2 amide bonds. The second-order valence-electron chi connectivity index (χ2n) is 5.63. The van der Waals surface area contributed by atoms with E-state index < -0.39 is 0 Å². The smallest absolute Gasteiger partial charge is 0.255 e. The van der Waals surface area contributed by atoms with Gasteiger partial charge < -0.3 is 9.80 Å². The van der Waals surface area contributed by atoms with E-state index in [0.29, 0.717) is 31.7 Å². The highest BCUT2D eigenvalue weighted by Crippen LogP contribution is 2.19. The van der Waals surface area contributed by atoms with Crippen LogP contribution in [0.5, 0.6) is 0 Å². The molecule has 0 N–H and O–H groups in total. The first kappa shape index (κ1) is 15.2. The second-order valence-corrected chi connectivity index (χ2v) is 5.63. The van der Waals surface area contributed by atoms with Crippen LogP contribution < -0.4 is 0 Å². The normalized spacial score (nSPS) is 14.7. The molecule has 0 aliphatic carbocycles. The van der Waals surface area contributed by atoms with Gasteiger partial charge in [-0.25, -0.2) is 0 Å². The van der Waals surface area contributed by atoms with E-state index >= 15 is 0 Å². The maximum absolute atomic E-state index is 12.6. The Morgan fingerprint density at radius 1 is 0.913 bits per heavy atom. The lowest BCUT2D eigenvalue weighted by Crippen LogP contribution is -2.50. The van der Waals surface area contributed by atoms with E-state index in [1.807, 2.05) is 36.4 Å². The largest absolute Gasteiger partial charge is 0.339 e. The van der Waals surface area contributed by atoms with E-state index in [1.54, 1.807) is 29.1 Å². The quantitative estimate of drug-likeness (QED) is 0.853. The van der Waals surface area contributed by atoms with Gasteiger partial charge in [0.05, 0.1) is 5.56 Å². The van der Waals surface area contributed by atoms with Crippen molar-refractivity contribution in [3.05, 3.63) is 54.4 Å². The first-order valence-corrected chi connectivity index (χ1v) is 7.70. The molecule has 2 heterocycles. The summed E-state index contributed by atoms with van der Waals surface area (Å²) in [6.07, 6.45) is 3.37. The minimum absolute atomic E-state index is 0.0292. The Kier molecular flexibility index (Phi) is 4.37. The highest BCUT2D eigenvalue weighted by Gasteiger charge is 2.23. The Morgan fingerprint density at radius 3 is 2.22 bits per heavy atom. The molecule has 0 unspecified atom stereocenters. The van der Waals surface area contributed by atoms with Crippen molar-refractivity contribution in [2.75, 3.05) is 26.2 Å². The van der Waals surface area contributed by atoms with Crippen molar-refractivity contribution < 1.29 is 9.59 Å². The SMILES string of the molecule is CC(=O)N1CCN(C(=O)c2cncc(-c3ccccc3)c2)CC1. The summed E-state index contributed by atoms with van der Waals surface area (Å²) in [5.74, 6) is 0.0309. The average Bonchev–Trinajstić information content (AvgIpc) is 2.62. The average molecular weight is 309 g/mol. The molecule has 1 aliphatic rings. The molecule has 0 spiro atoms. The second kappa shape index (κ2) is 6.60. The van der Waals surface area contributed by atoms with Crippen LogP contribution in [0.2, 0.25) is 0 Å². The molecular formula is C18H19N3O2. The van der Waals surface area contributed by atoms with Gasteiger partial charge in [-0.3, -0.25) is 14.6 Å². The Morgan fingerprint density at radius 2 is 1.57 bits per heavy atom. The van der Waals surface area contributed by atoms with Gasteiger partial charge in [0.1, 0.15) is 0 Å². The number of benzene rings is 1. The topological polar surface area (TPSA) is 53.5 Å². The van der Waals surface area contributed by atoms with Gasteiger partial charge >= 0.3 is 0 Å². The molecule has 118 valence electrons. The van der Waals surface area contributed by atoms with Crippen molar-refractivity contribution in [3.63, 3.8) is 0 Å². The van der Waals surface area contributed by atoms with Crippen LogP contribution in [0, 0.1) is 0 Å². The summed E-state index contributed by atoms with van der Waals surface area (Å²) in [5.41, 5.74) is 2.55. The number of carbonyl (C=O) groups is 2. The Balaban J connectivity index is 1.75. The molecule has 5 nitrogen and oxygen atoms in total. The van der Waals surface area contributed by atoms with Gasteiger partial charge in [0.2, 0.25) is 5.91 Å². The Labute approximate surface area is 135 Å². The molecule has 0 radical (unpaired) electrons. The molecule has 1 aliphatic heterocycles. The molecule has 2 aromatic rings. The van der Waals surface area contributed by atoms with Gasteiger partial charge in [0.25, 0.3) is 5.91 Å². The van der Waals surface area contributed by atoms with E-state index in [4.69, 9.17) is 0 Å². The van der Waals surface area contributed by atoms with Gasteiger partial charge in [0.15, 0.2) is 0 Å². The first-order valence-electron chi connectivity index (χ1n) is 7.70. The number of rotatable bonds is 2. The minimum Gasteiger partial charge on any atom is -0.339 e. The van der Waals surface area contributed by atoms with Crippen LogP contribution in [0.4, 0.5) is 0 Å². The Bertz CT molecular complexity index is 707. The first-order chi connectivity index (χ1) is 11.1. The molecule has 0 bridgehead atoms. The summed E-state index contributed by atoms with van der Waals surface area (Å²) in [5, 5.41) is 0. The number of pyridine rings is 1. The molecular weight excluding hydrogens is 290 g/mol. The minimum atomic E-state index is -0.0292. The lowest BCUT2D eigenvalue weighted by atomic mass is 10.1. The van der Waals surface area contributed by atoms with Crippen molar-refractivity contribution in [3.8, 4) is 11.1 Å². The maximum atomic E-state index is 12.6. The molecule has 5 heteroatoms. The van der Waals surface area contributed by atoms with E-state index in [0.717, 1.165) is 11.1 Å². The zero-order valence-electron chi connectivity index (χ0n) is 13.1. The lowest BCUT2D eigenvalue weighted by Gasteiger charge is -2.34. The van der Waals surface area contributed by atoms with Crippen LogP contribution in [0.15, 0.2) is 48.8 Å². The molecule has 1 fully saturated rings. The van der Waals surface area contributed by atoms with Gasteiger partial charge in [-0.1, -0.05) is 30.3 Å². The number of carbonyl (C=O) groups excluding carboxylic acids is 2. The number of hydrogen-bond donors (Lipinski definition) is 0. The van der Waals surface area contributed by atoms with E-state index in [-0.39, 0.29) is 11.8 Å². The third-order valence-electron chi connectivity index (χ3n) is 4.10. The van der Waals surface area contributed by atoms with Gasteiger partial charge in [-0.05, 0) is 11.6 Å².